The Morgan fingerprint density at radius 1 is 1.30 bits per heavy atom. The van der Waals surface area contributed by atoms with E-state index in [9.17, 15) is 9.59 Å². The van der Waals surface area contributed by atoms with E-state index in [1.54, 1.807) is 44.3 Å². The molecule has 0 fully saturated rings. The maximum absolute atomic E-state index is 13.0. The van der Waals surface area contributed by atoms with Crippen molar-refractivity contribution in [1.29, 1.82) is 0 Å². The number of methoxy groups -OCH3 is 1. The molecule has 0 saturated carbocycles. The fraction of sp³-hybridized carbons (Fsp3) is 0.250. The summed E-state index contributed by atoms with van der Waals surface area (Å²) in [6.07, 6.45) is 3.73. The first-order valence-electron chi connectivity index (χ1n) is 10.2. The molecule has 1 aromatic heterocycles. The topological polar surface area (TPSA) is 92.0 Å². The summed E-state index contributed by atoms with van der Waals surface area (Å²) in [7, 11) is 1.50. The smallest absolute Gasteiger partial charge is 0.344 e. The second-order valence-electron chi connectivity index (χ2n) is 6.98. The molecule has 0 radical (unpaired) electrons. The van der Waals surface area contributed by atoms with E-state index < -0.39 is 5.97 Å². The molecule has 3 aromatic rings. The zero-order chi connectivity index (χ0) is 24.0. The number of rotatable bonds is 9. The van der Waals surface area contributed by atoms with Crippen molar-refractivity contribution < 1.29 is 19.0 Å². The minimum atomic E-state index is -0.472. The van der Waals surface area contributed by atoms with Gasteiger partial charge in [-0.2, -0.15) is 9.78 Å². The summed E-state index contributed by atoms with van der Waals surface area (Å²) in [4.78, 5) is 29.1. The van der Waals surface area contributed by atoms with Gasteiger partial charge in [-0.1, -0.05) is 22.0 Å². The minimum absolute atomic E-state index is 0.241. The van der Waals surface area contributed by atoms with Gasteiger partial charge >= 0.3 is 5.97 Å². The second-order valence-corrected chi connectivity index (χ2v) is 7.90. The number of halogens is 1. The first kappa shape index (κ1) is 24.2. The molecule has 0 spiro atoms. The predicted molar refractivity (Wildman–Crippen MR) is 130 cm³/mol. The third-order valence-corrected chi connectivity index (χ3v) is 5.16. The Labute approximate surface area is 199 Å². The van der Waals surface area contributed by atoms with Gasteiger partial charge in [-0.3, -0.25) is 4.79 Å². The fourth-order valence-electron chi connectivity index (χ4n) is 3.23. The summed E-state index contributed by atoms with van der Waals surface area (Å²) in [6.45, 7) is 7.26. The van der Waals surface area contributed by atoms with E-state index in [0.29, 0.717) is 40.2 Å². The quantitative estimate of drug-likeness (QED) is 0.243. The van der Waals surface area contributed by atoms with Crippen molar-refractivity contribution in [3.05, 3.63) is 74.8 Å². The molecule has 0 saturated heterocycles. The minimum Gasteiger partial charge on any atom is -0.493 e. The molecule has 0 aliphatic heterocycles. The van der Waals surface area contributed by atoms with E-state index in [-0.39, 0.29) is 18.8 Å². The molecule has 0 amide bonds. The van der Waals surface area contributed by atoms with Crippen LogP contribution in [-0.2, 0) is 16.0 Å². The summed E-state index contributed by atoms with van der Waals surface area (Å²) in [6, 6.07) is 8.88. The fourth-order valence-corrected chi connectivity index (χ4v) is 3.60. The summed E-state index contributed by atoms with van der Waals surface area (Å²) >= 11 is 3.38. The van der Waals surface area contributed by atoms with Crippen LogP contribution >= 0.6 is 15.9 Å². The Morgan fingerprint density at radius 3 is 2.79 bits per heavy atom. The molecule has 172 valence electrons. The predicted octanol–water partition coefficient (Wildman–Crippen LogP) is 4.03. The summed E-state index contributed by atoms with van der Waals surface area (Å²) in [5.74, 6) is 0.830. The number of aromatic nitrogens is 2. The van der Waals surface area contributed by atoms with E-state index in [2.05, 4.69) is 32.6 Å². The molecular weight excluding hydrogens is 490 g/mol. The van der Waals surface area contributed by atoms with Crippen LogP contribution in [-0.4, -0.2) is 42.2 Å². The number of fused-ring (bicyclic) bond motifs is 1. The maximum Gasteiger partial charge on any atom is 0.344 e. The number of benzene rings is 2. The molecule has 2 aromatic carbocycles. The van der Waals surface area contributed by atoms with E-state index in [1.165, 1.54) is 11.8 Å². The van der Waals surface area contributed by atoms with Crippen LogP contribution in [0.3, 0.4) is 0 Å². The first-order chi connectivity index (χ1) is 15.9. The highest BCUT2D eigenvalue weighted by atomic mass is 79.9. The lowest BCUT2D eigenvalue weighted by Crippen LogP contribution is -2.20. The van der Waals surface area contributed by atoms with Crippen LogP contribution in [0.5, 0.6) is 11.5 Å². The maximum atomic E-state index is 13.0. The summed E-state index contributed by atoms with van der Waals surface area (Å²) in [5, 5.41) is 4.82. The summed E-state index contributed by atoms with van der Waals surface area (Å²) in [5.41, 5.74) is 1.75. The van der Waals surface area contributed by atoms with Gasteiger partial charge < -0.3 is 14.2 Å². The van der Waals surface area contributed by atoms with E-state index in [4.69, 9.17) is 14.2 Å². The number of nitrogens with zero attached hydrogens (tertiary/aromatic N) is 3. The Kier molecular flexibility index (Phi) is 8.00. The monoisotopic (exact) mass is 513 g/mol. The molecule has 33 heavy (non-hydrogen) atoms. The number of hydrogen-bond acceptors (Lipinski definition) is 7. The van der Waals surface area contributed by atoms with Crippen LogP contribution in [0.25, 0.3) is 10.9 Å². The molecule has 0 N–H and O–H groups in total. The number of ether oxygens (including phenoxy) is 3. The summed E-state index contributed by atoms with van der Waals surface area (Å²) < 4.78 is 18.1. The van der Waals surface area contributed by atoms with Crippen molar-refractivity contribution in [3.8, 4) is 11.5 Å². The van der Waals surface area contributed by atoms with Gasteiger partial charge in [-0.15, -0.1) is 6.58 Å². The largest absolute Gasteiger partial charge is 0.493 e. The molecule has 0 aliphatic rings. The molecule has 0 bridgehead atoms. The highest BCUT2D eigenvalue weighted by molar-refractivity contribution is 9.10. The number of carbonyl (C=O) groups excluding carboxylic acids is 1. The van der Waals surface area contributed by atoms with Gasteiger partial charge in [0, 0.05) is 10.0 Å². The van der Waals surface area contributed by atoms with Crippen LogP contribution in [0.2, 0.25) is 0 Å². The van der Waals surface area contributed by atoms with E-state index in [0.717, 1.165) is 10.0 Å². The highest BCUT2D eigenvalue weighted by Gasteiger charge is 2.15. The number of carbonyl (C=O) groups is 1. The molecule has 0 atom stereocenters. The van der Waals surface area contributed by atoms with Gasteiger partial charge in [-0.25, -0.2) is 9.78 Å². The van der Waals surface area contributed by atoms with Crippen LogP contribution in [0.1, 0.15) is 23.9 Å². The van der Waals surface area contributed by atoms with Crippen molar-refractivity contribution in [2.45, 2.75) is 20.3 Å². The molecule has 0 aliphatic carbocycles. The molecular formula is C24H24BrN3O5. The Hall–Kier alpha value is -3.46. The Balaban J connectivity index is 2.00. The first-order valence-corrected chi connectivity index (χ1v) is 11.0. The van der Waals surface area contributed by atoms with Crippen molar-refractivity contribution in [3.63, 3.8) is 0 Å². The second kappa shape index (κ2) is 10.9. The van der Waals surface area contributed by atoms with Crippen molar-refractivity contribution in [2.24, 2.45) is 5.10 Å². The van der Waals surface area contributed by atoms with Gasteiger partial charge in [0.05, 0.1) is 30.8 Å². The van der Waals surface area contributed by atoms with Gasteiger partial charge in [-0.05, 0) is 56.2 Å². The zero-order valence-electron chi connectivity index (χ0n) is 18.6. The molecule has 0 unspecified atom stereocenters. The van der Waals surface area contributed by atoms with Gasteiger partial charge in [0.1, 0.15) is 5.82 Å². The SMILES string of the molecule is C=CCc1cc(C=Nn2c(C)nc3ccc(Br)cc3c2=O)cc(OC)c1OCC(=O)OCC. The van der Waals surface area contributed by atoms with Gasteiger partial charge in [0.2, 0.25) is 0 Å². The highest BCUT2D eigenvalue weighted by Crippen LogP contribution is 2.33. The molecule has 8 nitrogen and oxygen atoms in total. The van der Waals surface area contributed by atoms with Crippen LogP contribution < -0.4 is 15.0 Å². The Bertz CT molecular complexity index is 1280. The average molecular weight is 514 g/mol. The molecule has 3 rings (SSSR count). The third kappa shape index (κ3) is 5.67. The van der Waals surface area contributed by atoms with E-state index in [1.807, 2.05) is 12.1 Å². The van der Waals surface area contributed by atoms with Crippen molar-refractivity contribution in [1.82, 2.24) is 9.66 Å². The lowest BCUT2D eigenvalue weighted by atomic mass is 10.1. The standard InChI is InChI=1S/C24H24BrN3O5/c1-5-7-17-10-16(11-21(31-4)23(17)33-14-22(29)32-6-2)13-26-28-15(3)27-20-9-8-18(25)12-19(20)24(28)30/h5,8-13H,1,6-7,14H2,2-4H3. The number of esters is 1. The number of hydrogen-bond donors (Lipinski definition) is 0. The Morgan fingerprint density at radius 2 is 2.09 bits per heavy atom. The van der Waals surface area contributed by atoms with Gasteiger partial charge in [0.25, 0.3) is 5.56 Å². The molecule has 1 heterocycles. The third-order valence-electron chi connectivity index (χ3n) is 4.67. The van der Waals surface area contributed by atoms with Crippen LogP contribution in [0.4, 0.5) is 0 Å². The van der Waals surface area contributed by atoms with Crippen LogP contribution in [0, 0.1) is 6.92 Å². The number of aryl methyl sites for hydroxylation is 1. The van der Waals surface area contributed by atoms with Crippen molar-refractivity contribution >= 4 is 39.0 Å². The van der Waals surface area contributed by atoms with E-state index >= 15 is 0 Å². The van der Waals surface area contributed by atoms with Crippen molar-refractivity contribution in [2.75, 3.05) is 20.3 Å². The van der Waals surface area contributed by atoms with Crippen LogP contribution in [0.15, 0.2) is 57.4 Å². The zero-order valence-corrected chi connectivity index (χ0v) is 20.2. The van der Waals surface area contributed by atoms with Gasteiger partial charge in [0.15, 0.2) is 18.1 Å². The normalized spacial score (nSPS) is 11.0. The molecule has 9 heteroatoms. The lowest BCUT2D eigenvalue weighted by molar-refractivity contribution is -0.145. The lowest BCUT2D eigenvalue weighted by Gasteiger charge is -2.15. The number of allylic oxidation sites excluding steroid dienone is 1. The average Bonchev–Trinajstić information content (AvgIpc) is 2.79.